The van der Waals surface area contributed by atoms with E-state index in [1.807, 2.05) is 6.92 Å². The van der Waals surface area contributed by atoms with Crippen molar-refractivity contribution in [3.8, 4) is 0 Å². The third-order valence-electron chi connectivity index (χ3n) is 3.47. The fourth-order valence-corrected chi connectivity index (χ4v) is 3.22. The molecule has 3 nitrogen and oxygen atoms in total. The summed E-state index contributed by atoms with van der Waals surface area (Å²) in [6, 6.07) is 0. The first-order valence-corrected chi connectivity index (χ1v) is 6.27. The van der Waals surface area contributed by atoms with Crippen molar-refractivity contribution in [1.29, 1.82) is 0 Å². The highest BCUT2D eigenvalue weighted by molar-refractivity contribution is 7.15. The Morgan fingerprint density at radius 2 is 2.20 bits per heavy atom. The first-order chi connectivity index (χ1) is 7.22. The lowest BCUT2D eigenvalue weighted by molar-refractivity contribution is -0.120. The highest BCUT2D eigenvalue weighted by atomic mass is 32.1. The van der Waals surface area contributed by atoms with Crippen molar-refractivity contribution in [2.45, 2.75) is 26.2 Å². The predicted octanol–water partition coefficient (Wildman–Crippen LogP) is 2.44. The molecule has 1 heterocycles. The average molecular weight is 222 g/mol. The van der Waals surface area contributed by atoms with Crippen LogP contribution in [0.25, 0.3) is 0 Å². The fraction of sp³-hybridized carbons (Fsp3) is 0.636. The minimum absolute atomic E-state index is 0.177. The molecule has 15 heavy (non-hydrogen) atoms. The van der Waals surface area contributed by atoms with Gasteiger partial charge in [-0.3, -0.25) is 4.79 Å². The number of fused-ring (bicyclic) bond motifs is 1. The minimum atomic E-state index is 0.177. The molecule has 0 aromatic carbocycles. The van der Waals surface area contributed by atoms with E-state index in [1.165, 1.54) is 6.42 Å². The maximum Gasteiger partial charge on any atom is 0.229 e. The molecule has 80 valence electrons. The molecule has 2 aliphatic rings. The second-order valence-electron chi connectivity index (χ2n) is 4.69. The topological polar surface area (TPSA) is 42.0 Å². The zero-order valence-electron chi connectivity index (χ0n) is 8.69. The van der Waals surface area contributed by atoms with Crippen molar-refractivity contribution in [1.82, 2.24) is 4.98 Å². The molecular weight excluding hydrogens is 208 g/mol. The number of aryl methyl sites for hydroxylation is 1. The van der Waals surface area contributed by atoms with E-state index in [9.17, 15) is 4.79 Å². The number of anilines is 1. The molecule has 1 aromatic rings. The predicted molar refractivity (Wildman–Crippen MR) is 59.8 cm³/mol. The van der Waals surface area contributed by atoms with Gasteiger partial charge in [0.1, 0.15) is 0 Å². The third-order valence-corrected chi connectivity index (χ3v) is 4.29. The lowest BCUT2D eigenvalue weighted by Gasteiger charge is -2.09. The molecule has 2 saturated carbocycles. The molecule has 2 aliphatic carbocycles. The van der Waals surface area contributed by atoms with E-state index in [1.54, 1.807) is 17.5 Å². The van der Waals surface area contributed by atoms with E-state index in [0.717, 1.165) is 34.7 Å². The molecule has 0 saturated heterocycles. The van der Waals surface area contributed by atoms with Gasteiger partial charge in [0.05, 0.1) is 0 Å². The average Bonchev–Trinajstić information content (AvgIpc) is 2.61. The molecular formula is C11H14N2OS. The van der Waals surface area contributed by atoms with Crippen LogP contribution >= 0.6 is 11.3 Å². The van der Waals surface area contributed by atoms with Gasteiger partial charge in [0.15, 0.2) is 5.13 Å². The molecule has 1 N–H and O–H groups in total. The first kappa shape index (κ1) is 9.33. The van der Waals surface area contributed by atoms with Crippen molar-refractivity contribution >= 4 is 22.4 Å². The van der Waals surface area contributed by atoms with Crippen molar-refractivity contribution in [2.24, 2.45) is 17.8 Å². The summed E-state index contributed by atoms with van der Waals surface area (Å²) in [5.74, 6) is 2.15. The van der Waals surface area contributed by atoms with Crippen LogP contribution in [0.4, 0.5) is 5.13 Å². The van der Waals surface area contributed by atoms with Crippen molar-refractivity contribution in [3.63, 3.8) is 0 Å². The molecule has 2 fully saturated rings. The summed E-state index contributed by atoms with van der Waals surface area (Å²) >= 11 is 1.54. The van der Waals surface area contributed by atoms with Gasteiger partial charge >= 0.3 is 0 Å². The molecule has 2 unspecified atom stereocenters. The van der Waals surface area contributed by atoms with Gasteiger partial charge in [0, 0.05) is 17.0 Å². The van der Waals surface area contributed by atoms with E-state index in [-0.39, 0.29) is 11.8 Å². The first-order valence-electron chi connectivity index (χ1n) is 5.45. The Morgan fingerprint density at radius 1 is 1.47 bits per heavy atom. The molecule has 0 radical (unpaired) electrons. The van der Waals surface area contributed by atoms with Gasteiger partial charge in [-0.1, -0.05) is 0 Å². The summed E-state index contributed by atoms with van der Waals surface area (Å²) in [5, 5.41) is 3.66. The van der Waals surface area contributed by atoms with Crippen LogP contribution in [-0.4, -0.2) is 10.9 Å². The Kier molecular flexibility index (Phi) is 2.06. The van der Waals surface area contributed by atoms with E-state index < -0.39 is 0 Å². The maximum atomic E-state index is 11.8. The Labute approximate surface area is 92.9 Å². The molecule has 1 aromatic heterocycles. The summed E-state index contributed by atoms with van der Waals surface area (Å²) in [7, 11) is 0. The number of aromatic nitrogens is 1. The number of amides is 1. The number of nitrogens with zero attached hydrogens (tertiary/aromatic N) is 1. The quantitative estimate of drug-likeness (QED) is 0.835. The summed E-state index contributed by atoms with van der Waals surface area (Å²) in [4.78, 5) is 17.1. The van der Waals surface area contributed by atoms with E-state index >= 15 is 0 Å². The lowest BCUT2D eigenvalue weighted by atomic mass is 10.0. The molecule has 0 bridgehead atoms. The standard InChI is InChI=1S/C11H14N2OS/c1-6-5-12-11(15-6)13-10(14)9-3-7-2-8(7)4-9/h5,7-9H,2-4H2,1H3,(H,12,13,14). The van der Waals surface area contributed by atoms with Gasteiger partial charge in [0.2, 0.25) is 5.91 Å². The largest absolute Gasteiger partial charge is 0.302 e. The SMILES string of the molecule is Cc1cnc(NC(=O)C2CC3CC3C2)s1. The van der Waals surface area contributed by atoms with Crippen molar-refractivity contribution in [2.75, 3.05) is 5.32 Å². The van der Waals surface area contributed by atoms with E-state index in [4.69, 9.17) is 0 Å². The van der Waals surface area contributed by atoms with Crippen molar-refractivity contribution in [3.05, 3.63) is 11.1 Å². The smallest absolute Gasteiger partial charge is 0.229 e. The second-order valence-corrected chi connectivity index (χ2v) is 5.92. The van der Waals surface area contributed by atoms with Gasteiger partial charge in [-0.25, -0.2) is 4.98 Å². The van der Waals surface area contributed by atoms with Crippen LogP contribution < -0.4 is 5.32 Å². The zero-order chi connectivity index (χ0) is 10.4. The van der Waals surface area contributed by atoms with Crippen LogP contribution in [0.5, 0.6) is 0 Å². The minimum Gasteiger partial charge on any atom is -0.302 e. The molecule has 2 atom stereocenters. The number of hydrogen-bond donors (Lipinski definition) is 1. The van der Waals surface area contributed by atoms with E-state index in [2.05, 4.69) is 10.3 Å². The zero-order valence-corrected chi connectivity index (χ0v) is 9.51. The summed E-state index contributed by atoms with van der Waals surface area (Å²) in [6.45, 7) is 2.00. The number of nitrogens with one attached hydrogen (secondary N) is 1. The van der Waals surface area contributed by atoms with Gasteiger partial charge < -0.3 is 5.32 Å². The third kappa shape index (κ3) is 1.78. The van der Waals surface area contributed by atoms with Crippen LogP contribution in [0, 0.1) is 24.7 Å². The second kappa shape index (κ2) is 3.30. The number of carbonyl (C=O) groups excluding carboxylic acids is 1. The fourth-order valence-electron chi connectivity index (χ4n) is 2.55. The number of carbonyl (C=O) groups is 1. The van der Waals surface area contributed by atoms with Gasteiger partial charge in [-0.05, 0) is 38.0 Å². The normalized spacial score (nSPS) is 32.5. The highest BCUT2D eigenvalue weighted by Crippen LogP contribution is 2.54. The Balaban J connectivity index is 1.61. The number of rotatable bonds is 2. The van der Waals surface area contributed by atoms with Crippen molar-refractivity contribution < 1.29 is 4.79 Å². The summed E-state index contributed by atoms with van der Waals surface area (Å²) in [5.41, 5.74) is 0. The molecule has 4 heteroatoms. The van der Waals surface area contributed by atoms with E-state index in [0.29, 0.717) is 0 Å². The van der Waals surface area contributed by atoms with Gasteiger partial charge in [-0.15, -0.1) is 11.3 Å². The maximum absolute atomic E-state index is 11.8. The van der Waals surface area contributed by atoms with Crippen LogP contribution in [0.2, 0.25) is 0 Å². The van der Waals surface area contributed by atoms with Crippen LogP contribution in [-0.2, 0) is 4.79 Å². The Morgan fingerprint density at radius 3 is 2.80 bits per heavy atom. The molecule has 1 amide bonds. The molecule has 3 rings (SSSR count). The lowest BCUT2D eigenvalue weighted by Crippen LogP contribution is -2.21. The monoisotopic (exact) mass is 222 g/mol. The van der Waals surface area contributed by atoms with Crippen LogP contribution in [0.15, 0.2) is 6.20 Å². The van der Waals surface area contributed by atoms with Crippen LogP contribution in [0.3, 0.4) is 0 Å². The van der Waals surface area contributed by atoms with Crippen LogP contribution in [0.1, 0.15) is 24.1 Å². The number of hydrogen-bond acceptors (Lipinski definition) is 3. The molecule has 0 spiro atoms. The van der Waals surface area contributed by atoms with Gasteiger partial charge in [0.25, 0.3) is 0 Å². The Hall–Kier alpha value is -0.900. The Bertz CT molecular complexity index is 391. The number of thiazole rings is 1. The summed E-state index contributed by atoms with van der Waals surface area (Å²) < 4.78 is 0. The summed E-state index contributed by atoms with van der Waals surface area (Å²) in [6.07, 6.45) is 5.36. The van der Waals surface area contributed by atoms with Gasteiger partial charge in [-0.2, -0.15) is 0 Å². The highest BCUT2D eigenvalue weighted by Gasteiger charge is 2.48. The molecule has 0 aliphatic heterocycles.